The van der Waals surface area contributed by atoms with Crippen molar-refractivity contribution in [2.75, 3.05) is 16.8 Å². The molecule has 21 heavy (non-hydrogen) atoms. The van der Waals surface area contributed by atoms with E-state index >= 15 is 0 Å². The number of aryl methyl sites for hydroxylation is 1. The van der Waals surface area contributed by atoms with Crippen LogP contribution < -0.4 is 5.32 Å². The summed E-state index contributed by atoms with van der Waals surface area (Å²) in [5, 5.41) is 12.1. The number of halogens is 1. The zero-order valence-corrected chi connectivity index (χ0v) is 13.4. The molecule has 1 aromatic rings. The highest BCUT2D eigenvalue weighted by molar-refractivity contribution is 8.00. The maximum Gasteiger partial charge on any atom is 0.303 e. The Balaban J connectivity index is 1.76. The van der Waals surface area contributed by atoms with Crippen molar-refractivity contribution in [3.63, 3.8) is 0 Å². The number of rotatable bonds is 7. The van der Waals surface area contributed by atoms with Gasteiger partial charge in [-0.15, -0.1) is 0 Å². The fraction of sp³-hybridized carbons (Fsp3) is 0.467. The minimum absolute atomic E-state index is 0.0850. The number of aliphatic carboxylic acids is 1. The SMILES string of the molecule is Cc1ccc(NC(=O)CSCC2(CC(=O)O)CC2)c(Cl)c1. The molecule has 6 heteroatoms. The predicted molar refractivity (Wildman–Crippen MR) is 86.1 cm³/mol. The van der Waals surface area contributed by atoms with E-state index in [1.165, 1.54) is 11.8 Å². The number of carboxylic acids is 1. The Hall–Kier alpha value is -1.20. The number of anilines is 1. The van der Waals surface area contributed by atoms with Crippen LogP contribution in [0.2, 0.25) is 5.02 Å². The van der Waals surface area contributed by atoms with Crippen LogP contribution in [-0.2, 0) is 9.59 Å². The van der Waals surface area contributed by atoms with Gasteiger partial charge in [-0.25, -0.2) is 0 Å². The van der Waals surface area contributed by atoms with Crippen molar-refractivity contribution in [1.82, 2.24) is 0 Å². The van der Waals surface area contributed by atoms with Gasteiger partial charge in [0.25, 0.3) is 0 Å². The highest BCUT2D eigenvalue weighted by atomic mass is 35.5. The number of nitrogens with one attached hydrogen (secondary N) is 1. The highest BCUT2D eigenvalue weighted by Crippen LogP contribution is 2.50. The monoisotopic (exact) mass is 327 g/mol. The first-order valence-electron chi connectivity index (χ1n) is 6.76. The first-order valence-corrected chi connectivity index (χ1v) is 8.29. The third kappa shape index (κ3) is 4.93. The molecule has 0 radical (unpaired) electrons. The molecule has 1 amide bonds. The average molecular weight is 328 g/mol. The molecule has 0 aliphatic heterocycles. The van der Waals surface area contributed by atoms with Gasteiger partial charge in [0.05, 0.1) is 22.9 Å². The van der Waals surface area contributed by atoms with Crippen LogP contribution in [0.1, 0.15) is 24.8 Å². The summed E-state index contributed by atoms with van der Waals surface area (Å²) in [6.07, 6.45) is 2.08. The molecule has 1 aromatic carbocycles. The summed E-state index contributed by atoms with van der Waals surface area (Å²) in [5.41, 5.74) is 1.56. The summed E-state index contributed by atoms with van der Waals surface area (Å²) >= 11 is 7.54. The summed E-state index contributed by atoms with van der Waals surface area (Å²) in [7, 11) is 0. The van der Waals surface area contributed by atoms with Gasteiger partial charge in [-0.2, -0.15) is 11.8 Å². The summed E-state index contributed by atoms with van der Waals surface area (Å²) in [4.78, 5) is 22.6. The molecule has 0 saturated heterocycles. The number of carbonyl (C=O) groups is 2. The standard InChI is InChI=1S/C15H18ClNO3S/c1-10-2-3-12(11(16)6-10)17-13(18)8-21-9-15(4-5-15)7-14(19)20/h2-3,6H,4-5,7-9H2,1H3,(H,17,18)(H,19,20). The van der Waals surface area contributed by atoms with Gasteiger partial charge in [0.2, 0.25) is 5.91 Å². The minimum atomic E-state index is -0.760. The highest BCUT2D eigenvalue weighted by Gasteiger charge is 2.44. The molecular weight excluding hydrogens is 310 g/mol. The minimum Gasteiger partial charge on any atom is -0.481 e. The second-order valence-electron chi connectivity index (χ2n) is 5.59. The van der Waals surface area contributed by atoms with Crippen molar-refractivity contribution in [2.24, 2.45) is 5.41 Å². The molecule has 4 nitrogen and oxygen atoms in total. The number of thioether (sulfide) groups is 1. The molecule has 2 rings (SSSR count). The lowest BCUT2D eigenvalue weighted by atomic mass is 10.1. The zero-order chi connectivity index (χ0) is 15.5. The lowest BCUT2D eigenvalue weighted by Crippen LogP contribution is -2.17. The van der Waals surface area contributed by atoms with Crippen molar-refractivity contribution in [2.45, 2.75) is 26.2 Å². The van der Waals surface area contributed by atoms with Crippen molar-refractivity contribution in [3.8, 4) is 0 Å². The van der Waals surface area contributed by atoms with Crippen LogP contribution in [0.25, 0.3) is 0 Å². The molecule has 1 fully saturated rings. The second-order valence-corrected chi connectivity index (χ2v) is 6.99. The first kappa shape index (κ1) is 16.2. The molecular formula is C15H18ClNO3S. The molecule has 0 bridgehead atoms. The van der Waals surface area contributed by atoms with Gasteiger partial charge in [0, 0.05) is 0 Å². The number of hydrogen-bond donors (Lipinski definition) is 2. The molecule has 0 heterocycles. The topological polar surface area (TPSA) is 66.4 Å². The van der Waals surface area contributed by atoms with E-state index in [0.29, 0.717) is 22.2 Å². The maximum atomic E-state index is 11.9. The van der Waals surface area contributed by atoms with E-state index in [9.17, 15) is 9.59 Å². The van der Waals surface area contributed by atoms with Gasteiger partial charge in [0.15, 0.2) is 0 Å². The molecule has 114 valence electrons. The molecule has 0 unspecified atom stereocenters. The zero-order valence-electron chi connectivity index (χ0n) is 11.8. The van der Waals surface area contributed by atoms with E-state index in [0.717, 1.165) is 18.4 Å². The first-order chi connectivity index (χ1) is 9.90. The molecule has 0 spiro atoms. The van der Waals surface area contributed by atoms with Crippen LogP contribution in [0.5, 0.6) is 0 Å². The Bertz CT molecular complexity index is 558. The fourth-order valence-electron chi connectivity index (χ4n) is 2.14. The maximum absolute atomic E-state index is 11.9. The number of benzene rings is 1. The molecule has 1 aliphatic rings. The summed E-state index contributed by atoms with van der Waals surface area (Å²) in [6.45, 7) is 1.94. The third-order valence-corrected chi connectivity index (χ3v) is 5.12. The Morgan fingerprint density at radius 2 is 2.14 bits per heavy atom. The lowest BCUT2D eigenvalue weighted by molar-refractivity contribution is -0.138. The van der Waals surface area contributed by atoms with Crippen molar-refractivity contribution in [1.29, 1.82) is 0 Å². The van der Waals surface area contributed by atoms with Crippen molar-refractivity contribution >= 4 is 40.9 Å². The normalized spacial score (nSPS) is 15.5. The Kier molecular flexibility index (Phi) is 5.17. The second kappa shape index (κ2) is 6.71. The predicted octanol–water partition coefficient (Wildman–Crippen LogP) is 3.58. The van der Waals surface area contributed by atoms with E-state index in [1.807, 2.05) is 13.0 Å². The van der Waals surface area contributed by atoms with Gasteiger partial charge in [-0.3, -0.25) is 9.59 Å². The fourth-order valence-corrected chi connectivity index (χ4v) is 3.60. The van der Waals surface area contributed by atoms with Crippen molar-refractivity contribution in [3.05, 3.63) is 28.8 Å². The molecule has 1 aliphatic carbocycles. The van der Waals surface area contributed by atoms with E-state index in [4.69, 9.17) is 16.7 Å². The Morgan fingerprint density at radius 1 is 1.43 bits per heavy atom. The van der Waals surface area contributed by atoms with Gasteiger partial charge in [0.1, 0.15) is 0 Å². The number of carbonyl (C=O) groups excluding carboxylic acids is 1. The van der Waals surface area contributed by atoms with Crippen LogP contribution >= 0.6 is 23.4 Å². The Labute approximate surface area is 133 Å². The van der Waals surface area contributed by atoms with Gasteiger partial charge < -0.3 is 10.4 Å². The van der Waals surface area contributed by atoms with E-state index < -0.39 is 5.97 Å². The van der Waals surface area contributed by atoms with E-state index in [1.54, 1.807) is 12.1 Å². The Morgan fingerprint density at radius 3 is 2.71 bits per heavy atom. The summed E-state index contributed by atoms with van der Waals surface area (Å²) in [6, 6.07) is 5.48. The van der Waals surface area contributed by atoms with Crippen LogP contribution in [0.4, 0.5) is 5.69 Å². The summed E-state index contributed by atoms with van der Waals surface area (Å²) < 4.78 is 0. The van der Waals surface area contributed by atoms with Crippen molar-refractivity contribution < 1.29 is 14.7 Å². The number of amides is 1. The van der Waals surface area contributed by atoms with Crippen LogP contribution in [0, 0.1) is 12.3 Å². The quantitative estimate of drug-likeness (QED) is 0.803. The van der Waals surface area contributed by atoms with Crippen LogP contribution in [-0.4, -0.2) is 28.5 Å². The smallest absolute Gasteiger partial charge is 0.303 e. The molecule has 1 saturated carbocycles. The van der Waals surface area contributed by atoms with E-state index in [2.05, 4.69) is 5.32 Å². The lowest BCUT2D eigenvalue weighted by Gasteiger charge is -2.12. The van der Waals surface area contributed by atoms with Gasteiger partial charge in [-0.05, 0) is 48.6 Å². The largest absolute Gasteiger partial charge is 0.481 e. The number of carboxylic acid groups (broad SMARTS) is 1. The average Bonchev–Trinajstić information content (AvgIpc) is 3.11. The molecule has 2 N–H and O–H groups in total. The summed E-state index contributed by atoms with van der Waals surface area (Å²) in [5.74, 6) is 0.154. The van der Waals surface area contributed by atoms with E-state index in [-0.39, 0.29) is 17.7 Å². The van der Waals surface area contributed by atoms with Crippen LogP contribution in [0.15, 0.2) is 18.2 Å². The molecule has 0 aromatic heterocycles. The van der Waals surface area contributed by atoms with Gasteiger partial charge >= 0.3 is 5.97 Å². The third-order valence-electron chi connectivity index (χ3n) is 3.52. The number of hydrogen-bond acceptors (Lipinski definition) is 3. The van der Waals surface area contributed by atoms with Crippen LogP contribution in [0.3, 0.4) is 0 Å². The van der Waals surface area contributed by atoms with Gasteiger partial charge in [-0.1, -0.05) is 17.7 Å². The molecule has 0 atom stereocenters.